The van der Waals surface area contributed by atoms with Crippen LogP contribution >= 0.6 is 19.8 Å². The Morgan fingerprint density at radius 2 is 2.29 bits per heavy atom. The van der Waals surface area contributed by atoms with Crippen LogP contribution < -0.4 is 24.7 Å². The second-order valence-corrected chi connectivity index (χ2v) is 11.5. The van der Waals surface area contributed by atoms with Crippen LogP contribution in [0.25, 0.3) is 0 Å². The Morgan fingerprint density at radius 1 is 1.57 bits per heavy atom. The van der Waals surface area contributed by atoms with Crippen molar-refractivity contribution < 1.29 is 60.6 Å². The van der Waals surface area contributed by atoms with Crippen molar-refractivity contribution in [1.82, 2.24) is 0 Å². The van der Waals surface area contributed by atoms with E-state index < -0.39 is 19.8 Å². The van der Waals surface area contributed by atoms with E-state index in [-0.39, 0.29) is 52.7 Å². The number of carbonyl (C=O) groups is 1. The summed E-state index contributed by atoms with van der Waals surface area (Å²) in [5, 5.41) is 0. The van der Waals surface area contributed by atoms with Crippen molar-refractivity contribution in [2.75, 3.05) is 4.43 Å². The average molecular weight is 735 g/mol. The van der Waals surface area contributed by atoms with Crippen LogP contribution in [-0.4, -0.2) is 8.22 Å². The number of rotatable bonds is 5. The SMILES string of the molecule is C=C[I-]Oc1c[c-]c(CI2CC[C@@H](C)C2=O)cc1.[CH-]=C.[U+2]. The van der Waals surface area contributed by atoms with Crippen LogP contribution in [0.1, 0.15) is 18.9 Å². The van der Waals surface area contributed by atoms with E-state index in [2.05, 4.69) is 38.8 Å². The van der Waals surface area contributed by atoms with Gasteiger partial charge in [0.15, 0.2) is 0 Å². The van der Waals surface area contributed by atoms with Crippen molar-refractivity contribution in [2.45, 2.75) is 17.8 Å². The number of hydrogen-bond donors (Lipinski definition) is 0. The Balaban J connectivity index is 0.00000128. The van der Waals surface area contributed by atoms with Gasteiger partial charge < -0.3 is 6.58 Å². The maximum atomic E-state index is 11.9. The third kappa shape index (κ3) is 7.19. The molecule has 1 aliphatic heterocycles. The summed E-state index contributed by atoms with van der Waals surface area (Å²) in [6.07, 6.45) is 1.11. The molecule has 1 aromatic carbocycles. The first-order valence-corrected chi connectivity index (χ1v) is 12.4. The zero-order valence-electron chi connectivity index (χ0n) is 12.1. The molecule has 1 heterocycles. The van der Waals surface area contributed by atoms with Crippen LogP contribution in [0.4, 0.5) is 0 Å². The zero-order valence-corrected chi connectivity index (χ0v) is 20.6. The molecular weight excluding hydrogens is 716 g/mol. The molecule has 1 fully saturated rings. The Hall–Kier alpha value is 0.682. The first-order valence-electron chi connectivity index (χ1n) is 6.19. The predicted octanol–water partition coefficient (Wildman–Crippen LogP) is 1.19. The maximum Gasteiger partial charge on any atom is 2.00 e. The molecule has 1 aliphatic rings. The van der Waals surface area contributed by atoms with E-state index >= 15 is 0 Å². The molecule has 114 valence electrons. The fourth-order valence-electron chi connectivity index (χ4n) is 1.73. The summed E-state index contributed by atoms with van der Waals surface area (Å²) in [5.74, 6) is 1.18. The van der Waals surface area contributed by atoms with Crippen molar-refractivity contribution >= 4 is 23.6 Å². The first kappa shape index (κ1) is 21.7. The Labute approximate surface area is 169 Å². The summed E-state index contributed by atoms with van der Waals surface area (Å²) in [6, 6.07) is 9.17. The normalized spacial score (nSPS) is 18.4. The zero-order chi connectivity index (χ0) is 15.0. The van der Waals surface area contributed by atoms with Crippen LogP contribution in [0.3, 0.4) is 0 Å². The van der Waals surface area contributed by atoms with Crippen LogP contribution in [-0.2, 0) is 9.22 Å². The average Bonchev–Trinajstić information content (AvgIpc) is 2.81. The molecule has 0 N–H and O–H groups in total. The molecule has 21 heavy (non-hydrogen) atoms. The molecule has 1 saturated heterocycles. The second-order valence-electron chi connectivity index (χ2n) is 4.14. The summed E-state index contributed by atoms with van der Waals surface area (Å²) < 4.78 is 10.1. The Bertz CT molecular complexity index is 448. The smallest absolute Gasteiger partial charge is 0.521 e. The van der Waals surface area contributed by atoms with Gasteiger partial charge in [-0.1, -0.05) is 0 Å². The maximum absolute atomic E-state index is 11.9. The molecule has 0 radical (unpaired) electrons. The van der Waals surface area contributed by atoms with E-state index in [1.165, 1.54) is 9.99 Å². The van der Waals surface area contributed by atoms with E-state index in [4.69, 9.17) is 3.07 Å². The molecule has 0 saturated carbocycles. The molecule has 0 amide bonds. The molecule has 5 heteroatoms. The third-order valence-electron chi connectivity index (χ3n) is 2.77. The van der Waals surface area contributed by atoms with Gasteiger partial charge >= 0.3 is 159 Å². The second kappa shape index (κ2) is 12.1. The van der Waals surface area contributed by atoms with Gasteiger partial charge in [0.25, 0.3) is 0 Å². The molecule has 2 nitrogen and oxygen atoms in total. The van der Waals surface area contributed by atoms with E-state index in [1.807, 2.05) is 16.2 Å². The van der Waals surface area contributed by atoms with Gasteiger partial charge in [0.05, 0.1) is 0 Å². The Morgan fingerprint density at radius 3 is 2.76 bits per heavy atom. The number of hydrogen-bond acceptors (Lipinski definition) is 2. The summed E-state index contributed by atoms with van der Waals surface area (Å²) in [4.78, 5) is 11.9. The van der Waals surface area contributed by atoms with Gasteiger partial charge in [0, 0.05) is 0 Å². The summed E-state index contributed by atoms with van der Waals surface area (Å²) in [6.45, 7) is 12.7. The minimum atomic E-state index is -1.40. The van der Waals surface area contributed by atoms with Gasteiger partial charge in [-0.15, -0.1) is 0 Å². The van der Waals surface area contributed by atoms with Crippen molar-refractivity contribution in [2.24, 2.45) is 5.92 Å². The molecule has 1 atom stereocenters. The number of benzene rings is 1. The first-order chi connectivity index (χ1) is 9.70. The van der Waals surface area contributed by atoms with Gasteiger partial charge in [-0.3, -0.25) is 6.58 Å². The van der Waals surface area contributed by atoms with E-state index in [0.717, 1.165) is 16.6 Å². The molecule has 0 bridgehead atoms. The number of halogens is 2. The van der Waals surface area contributed by atoms with Crippen LogP contribution in [0.5, 0.6) is 5.75 Å². The van der Waals surface area contributed by atoms with Crippen LogP contribution in [0.15, 0.2) is 35.4 Å². The minimum absolute atomic E-state index is 0. The van der Waals surface area contributed by atoms with Gasteiger partial charge in [-0.2, -0.15) is 0 Å². The molecule has 2 rings (SSSR count). The molecule has 0 aliphatic carbocycles. The van der Waals surface area contributed by atoms with E-state index in [0.29, 0.717) is 9.71 Å². The molecular formula is C16H19I2O2U-. The summed E-state index contributed by atoms with van der Waals surface area (Å²) >= 11 is -1.79. The van der Waals surface area contributed by atoms with Gasteiger partial charge in [-0.05, 0) is 0 Å². The number of alkyl halides is 2. The minimum Gasteiger partial charge on any atom is -0.521 e. The molecule has 0 aromatic heterocycles. The summed E-state index contributed by atoms with van der Waals surface area (Å²) in [7, 11) is 0. The number of carbonyl (C=O) groups excluding carboxylic acids is 1. The van der Waals surface area contributed by atoms with Gasteiger partial charge in [-0.25, -0.2) is 0 Å². The van der Waals surface area contributed by atoms with E-state index in [1.54, 1.807) is 0 Å². The predicted molar refractivity (Wildman–Crippen MR) is 87.4 cm³/mol. The molecule has 1 aromatic rings. The standard InChI is InChI=1S/C14H16I2O2.C2H3.U/c1-3-15-18-13-6-4-12(5-7-13)10-16-9-8-11(2)14(16)17;1-2;/h3-4,6-7,11H,1,8-10H2,2H3;1H,2H2;/q-2;-1;+2/t11-;;/m1../s1. The van der Waals surface area contributed by atoms with Crippen molar-refractivity contribution in [3.63, 3.8) is 0 Å². The quantitative estimate of drug-likeness (QED) is 0.197. The van der Waals surface area contributed by atoms with Crippen LogP contribution in [0.2, 0.25) is 0 Å². The topological polar surface area (TPSA) is 26.3 Å². The largest absolute Gasteiger partial charge is 2.00 e. The van der Waals surface area contributed by atoms with Crippen molar-refractivity contribution in [1.29, 1.82) is 0 Å². The van der Waals surface area contributed by atoms with E-state index in [9.17, 15) is 4.79 Å². The molecule has 0 spiro atoms. The summed E-state index contributed by atoms with van der Waals surface area (Å²) in [5.41, 5.74) is 1.17. The van der Waals surface area contributed by atoms with Gasteiger partial charge in [0.1, 0.15) is 0 Å². The fraction of sp³-hybridized carbons (Fsp3) is 0.312. The Kier molecular flexibility index (Phi) is 12.5. The molecule has 0 unspecified atom stereocenters. The van der Waals surface area contributed by atoms with Gasteiger partial charge in [0.2, 0.25) is 0 Å². The van der Waals surface area contributed by atoms with Crippen LogP contribution in [0, 0.1) is 49.7 Å². The van der Waals surface area contributed by atoms with Crippen molar-refractivity contribution in [3.8, 4) is 5.75 Å². The van der Waals surface area contributed by atoms with Crippen molar-refractivity contribution in [3.05, 3.63) is 53.6 Å². The monoisotopic (exact) mass is 735 g/mol. The third-order valence-corrected chi connectivity index (χ3v) is 10.1. The fourth-order valence-corrected chi connectivity index (χ4v) is 8.73.